The summed E-state index contributed by atoms with van der Waals surface area (Å²) in [5.74, 6) is 0. The van der Waals surface area contributed by atoms with Crippen molar-refractivity contribution in [3.8, 4) is 0 Å². The maximum absolute atomic E-state index is 12.4. The highest BCUT2D eigenvalue weighted by Crippen LogP contribution is 2.18. The SMILES string of the molecule is CCNC(=O)N(Cc1ccccc1)C[C@@H]1CC(c2cccnc2)=NO1. The first kappa shape index (κ1) is 17.0. The van der Waals surface area contributed by atoms with Gasteiger partial charge in [0.25, 0.3) is 0 Å². The number of pyridine rings is 1. The van der Waals surface area contributed by atoms with Crippen LogP contribution in [0.2, 0.25) is 0 Å². The first-order chi connectivity index (χ1) is 12.3. The van der Waals surface area contributed by atoms with E-state index in [1.807, 2.05) is 49.4 Å². The maximum Gasteiger partial charge on any atom is 0.317 e. The molecule has 1 atom stereocenters. The number of urea groups is 1. The highest BCUT2D eigenvalue weighted by Gasteiger charge is 2.26. The monoisotopic (exact) mass is 338 g/mol. The average Bonchev–Trinajstić information content (AvgIpc) is 3.12. The molecular weight excluding hydrogens is 316 g/mol. The van der Waals surface area contributed by atoms with Gasteiger partial charge in [-0.15, -0.1) is 0 Å². The number of aromatic nitrogens is 1. The summed E-state index contributed by atoms with van der Waals surface area (Å²) in [6.45, 7) is 3.52. The summed E-state index contributed by atoms with van der Waals surface area (Å²) in [6.07, 6.45) is 4.02. The number of carbonyl (C=O) groups is 1. The van der Waals surface area contributed by atoms with Gasteiger partial charge < -0.3 is 15.1 Å². The van der Waals surface area contributed by atoms with Gasteiger partial charge in [-0.2, -0.15) is 0 Å². The minimum absolute atomic E-state index is 0.0928. The molecule has 0 aliphatic carbocycles. The molecule has 0 radical (unpaired) electrons. The number of oxime groups is 1. The van der Waals surface area contributed by atoms with Crippen LogP contribution >= 0.6 is 0 Å². The maximum atomic E-state index is 12.4. The number of amides is 2. The summed E-state index contributed by atoms with van der Waals surface area (Å²) in [4.78, 5) is 23.8. The van der Waals surface area contributed by atoms with Crippen molar-refractivity contribution in [2.45, 2.75) is 26.0 Å². The molecule has 6 heteroatoms. The first-order valence-corrected chi connectivity index (χ1v) is 8.46. The lowest BCUT2D eigenvalue weighted by molar-refractivity contribution is 0.0590. The van der Waals surface area contributed by atoms with Crippen molar-refractivity contribution in [3.63, 3.8) is 0 Å². The molecular formula is C19H22N4O2. The van der Waals surface area contributed by atoms with Crippen molar-refractivity contribution in [2.24, 2.45) is 5.16 Å². The van der Waals surface area contributed by atoms with E-state index in [4.69, 9.17) is 4.84 Å². The second-order valence-electron chi connectivity index (χ2n) is 5.91. The van der Waals surface area contributed by atoms with E-state index in [0.717, 1.165) is 16.8 Å². The normalized spacial score (nSPS) is 16.0. The highest BCUT2D eigenvalue weighted by molar-refractivity contribution is 6.01. The van der Waals surface area contributed by atoms with Gasteiger partial charge in [-0.05, 0) is 24.6 Å². The van der Waals surface area contributed by atoms with Crippen LogP contribution in [0.3, 0.4) is 0 Å². The zero-order valence-electron chi connectivity index (χ0n) is 14.3. The third-order valence-corrected chi connectivity index (χ3v) is 3.98. The smallest absolute Gasteiger partial charge is 0.317 e. The molecule has 2 aromatic rings. The fourth-order valence-electron chi connectivity index (χ4n) is 2.76. The zero-order chi connectivity index (χ0) is 17.5. The average molecular weight is 338 g/mol. The third-order valence-electron chi connectivity index (χ3n) is 3.98. The molecule has 1 aromatic carbocycles. The Morgan fingerprint density at radius 1 is 1.28 bits per heavy atom. The number of nitrogens with one attached hydrogen (secondary N) is 1. The molecule has 130 valence electrons. The third kappa shape index (κ3) is 4.56. The summed E-state index contributed by atoms with van der Waals surface area (Å²) in [7, 11) is 0. The van der Waals surface area contributed by atoms with Crippen molar-refractivity contribution in [3.05, 3.63) is 66.0 Å². The molecule has 3 rings (SSSR count). The summed E-state index contributed by atoms with van der Waals surface area (Å²) in [6, 6.07) is 13.7. The molecule has 2 heterocycles. The lowest BCUT2D eigenvalue weighted by atomic mass is 10.1. The molecule has 0 saturated carbocycles. The molecule has 1 aromatic heterocycles. The van der Waals surface area contributed by atoms with E-state index < -0.39 is 0 Å². The fourth-order valence-corrected chi connectivity index (χ4v) is 2.76. The van der Waals surface area contributed by atoms with E-state index in [1.54, 1.807) is 17.3 Å². The summed E-state index contributed by atoms with van der Waals surface area (Å²) in [5, 5.41) is 7.04. The quantitative estimate of drug-likeness (QED) is 0.881. The molecule has 0 bridgehead atoms. The van der Waals surface area contributed by atoms with E-state index in [-0.39, 0.29) is 12.1 Å². The van der Waals surface area contributed by atoms with E-state index in [2.05, 4.69) is 15.5 Å². The largest absolute Gasteiger partial charge is 0.390 e. The minimum Gasteiger partial charge on any atom is -0.390 e. The second kappa shape index (κ2) is 8.28. The minimum atomic E-state index is -0.151. The van der Waals surface area contributed by atoms with E-state index in [0.29, 0.717) is 26.1 Å². The predicted molar refractivity (Wildman–Crippen MR) is 96.2 cm³/mol. The molecule has 0 fully saturated rings. The molecule has 0 saturated heterocycles. The summed E-state index contributed by atoms with van der Waals surface area (Å²) < 4.78 is 0. The van der Waals surface area contributed by atoms with Crippen LogP contribution < -0.4 is 5.32 Å². The summed E-state index contributed by atoms with van der Waals surface area (Å²) >= 11 is 0. The van der Waals surface area contributed by atoms with Crippen LogP contribution in [0.25, 0.3) is 0 Å². The molecule has 1 aliphatic rings. The lowest BCUT2D eigenvalue weighted by Crippen LogP contribution is -2.43. The van der Waals surface area contributed by atoms with Crippen LogP contribution in [0.5, 0.6) is 0 Å². The number of benzene rings is 1. The van der Waals surface area contributed by atoms with Gasteiger partial charge in [0.05, 0.1) is 12.3 Å². The Balaban J connectivity index is 1.64. The second-order valence-corrected chi connectivity index (χ2v) is 5.91. The predicted octanol–water partition coefficient (Wildman–Crippen LogP) is 2.81. The first-order valence-electron chi connectivity index (χ1n) is 8.46. The van der Waals surface area contributed by atoms with Gasteiger partial charge in [0.1, 0.15) is 0 Å². The fraction of sp³-hybridized carbons (Fsp3) is 0.316. The van der Waals surface area contributed by atoms with Crippen LogP contribution in [0.4, 0.5) is 4.79 Å². The Labute approximate surface area is 147 Å². The van der Waals surface area contributed by atoms with Crippen molar-refractivity contribution >= 4 is 11.7 Å². The standard InChI is InChI=1S/C19H22N4O2/c1-2-21-19(24)23(13-15-7-4-3-5-8-15)14-17-11-18(22-25-17)16-9-6-10-20-12-16/h3-10,12,17H,2,11,13-14H2,1H3,(H,21,24)/t17-/m0/s1. The van der Waals surface area contributed by atoms with Gasteiger partial charge >= 0.3 is 6.03 Å². The molecule has 25 heavy (non-hydrogen) atoms. The summed E-state index contributed by atoms with van der Waals surface area (Å²) in [5.41, 5.74) is 2.91. The number of nitrogens with zero attached hydrogens (tertiary/aromatic N) is 3. The van der Waals surface area contributed by atoms with Gasteiger partial charge in [-0.25, -0.2) is 4.79 Å². The molecule has 2 amide bonds. The van der Waals surface area contributed by atoms with Crippen LogP contribution in [0.1, 0.15) is 24.5 Å². The molecule has 1 N–H and O–H groups in total. The van der Waals surface area contributed by atoms with Crippen molar-refractivity contribution in [1.29, 1.82) is 0 Å². The Kier molecular flexibility index (Phi) is 5.61. The molecule has 6 nitrogen and oxygen atoms in total. The van der Waals surface area contributed by atoms with Gasteiger partial charge in [0.2, 0.25) is 0 Å². The van der Waals surface area contributed by atoms with Gasteiger partial charge in [0, 0.05) is 37.5 Å². The topological polar surface area (TPSA) is 66.8 Å². The van der Waals surface area contributed by atoms with Crippen LogP contribution in [-0.4, -0.2) is 40.8 Å². The number of hydrogen-bond acceptors (Lipinski definition) is 4. The number of rotatable bonds is 6. The van der Waals surface area contributed by atoms with Crippen molar-refractivity contribution < 1.29 is 9.63 Å². The van der Waals surface area contributed by atoms with Crippen LogP contribution in [0, 0.1) is 0 Å². The number of carbonyl (C=O) groups excluding carboxylic acids is 1. The van der Waals surface area contributed by atoms with E-state index in [1.165, 1.54) is 0 Å². The molecule has 0 unspecified atom stereocenters. The van der Waals surface area contributed by atoms with Crippen molar-refractivity contribution in [1.82, 2.24) is 15.2 Å². The Morgan fingerprint density at radius 3 is 2.84 bits per heavy atom. The Bertz CT molecular complexity index is 719. The van der Waals surface area contributed by atoms with Crippen molar-refractivity contribution in [2.75, 3.05) is 13.1 Å². The molecule has 0 spiro atoms. The van der Waals surface area contributed by atoms with E-state index >= 15 is 0 Å². The van der Waals surface area contributed by atoms with Gasteiger partial charge in [-0.3, -0.25) is 4.98 Å². The Hall–Kier alpha value is -2.89. The number of hydrogen-bond donors (Lipinski definition) is 1. The van der Waals surface area contributed by atoms with Gasteiger partial charge in [-0.1, -0.05) is 35.5 Å². The lowest BCUT2D eigenvalue weighted by Gasteiger charge is -2.25. The zero-order valence-corrected chi connectivity index (χ0v) is 14.3. The molecule has 1 aliphatic heterocycles. The van der Waals surface area contributed by atoms with Crippen LogP contribution in [0.15, 0.2) is 60.0 Å². The highest BCUT2D eigenvalue weighted by atomic mass is 16.6. The van der Waals surface area contributed by atoms with Gasteiger partial charge in [0.15, 0.2) is 6.10 Å². The Morgan fingerprint density at radius 2 is 2.12 bits per heavy atom. The van der Waals surface area contributed by atoms with Crippen LogP contribution in [-0.2, 0) is 11.4 Å². The van der Waals surface area contributed by atoms with E-state index in [9.17, 15) is 4.79 Å².